The van der Waals surface area contributed by atoms with Gasteiger partial charge in [-0.1, -0.05) is 18.2 Å². The van der Waals surface area contributed by atoms with Crippen LogP contribution in [0.5, 0.6) is 17.4 Å². The van der Waals surface area contributed by atoms with Gasteiger partial charge in [-0.05, 0) is 48.4 Å². The van der Waals surface area contributed by atoms with Crippen LogP contribution in [-0.4, -0.2) is 32.8 Å². The Morgan fingerprint density at radius 1 is 1.06 bits per heavy atom. The third-order valence-corrected chi connectivity index (χ3v) is 4.56. The maximum atomic E-state index is 12.5. The van der Waals surface area contributed by atoms with E-state index < -0.39 is 0 Å². The summed E-state index contributed by atoms with van der Waals surface area (Å²) in [6.07, 6.45) is 4.69. The zero-order valence-electron chi connectivity index (χ0n) is 17.1. The molecule has 2 heterocycles. The minimum absolute atomic E-state index is 0.219. The van der Waals surface area contributed by atoms with Crippen LogP contribution in [0.1, 0.15) is 21.5 Å². The summed E-state index contributed by atoms with van der Waals surface area (Å²) in [5.74, 6) is 1.38. The van der Waals surface area contributed by atoms with E-state index in [0.717, 1.165) is 11.1 Å². The average Bonchev–Trinajstić information content (AvgIpc) is 3.30. The van der Waals surface area contributed by atoms with Crippen LogP contribution in [0, 0.1) is 6.92 Å². The van der Waals surface area contributed by atoms with Crippen molar-refractivity contribution in [3.05, 3.63) is 90.1 Å². The van der Waals surface area contributed by atoms with Gasteiger partial charge in [0.05, 0.1) is 25.5 Å². The topological polar surface area (TPSA) is 91.2 Å². The first kappa shape index (κ1) is 20.1. The molecule has 0 radical (unpaired) electrons. The number of methoxy groups -OCH3 is 1. The SMILES string of the molecule is COc1cc(C)ccc1Oc1ccc(NC(=O)c2ccc(Cn3cncn3)cc2)cn1. The van der Waals surface area contributed by atoms with Gasteiger partial charge in [-0.25, -0.2) is 14.6 Å². The van der Waals surface area contributed by atoms with Crippen LogP contribution in [0.2, 0.25) is 0 Å². The highest BCUT2D eigenvalue weighted by Gasteiger charge is 2.09. The molecule has 4 rings (SSSR count). The van der Waals surface area contributed by atoms with Gasteiger partial charge in [-0.15, -0.1) is 0 Å². The molecule has 0 bridgehead atoms. The standard InChI is InChI=1S/C23H21N5O3/c1-16-3-9-20(21(11-16)30-2)31-22-10-8-19(12-25-22)27-23(29)18-6-4-17(5-7-18)13-28-15-24-14-26-28/h3-12,14-15H,13H2,1-2H3,(H,27,29). The summed E-state index contributed by atoms with van der Waals surface area (Å²) in [4.78, 5) is 20.7. The summed E-state index contributed by atoms with van der Waals surface area (Å²) in [5.41, 5.74) is 3.21. The molecule has 2 aromatic carbocycles. The van der Waals surface area contributed by atoms with Crippen LogP contribution in [0.25, 0.3) is 0 Å². The summed E-state index contributed by atoms with van der Waals surface area (Å²) in [6, 6.07) is 16.4. The van der Waals surface area contributed by atoms with Crippen molar-refractivity contribution in [3.8, 4) is 17.4 Å². The molecule has 1 N–H and O–H groups in total. The van der Waals surface area contributed by atoms with Gasteiger partial charge in [0.15, 0.2) is 11.5 Å². The molecule has 0 fully saturated rings. The molecular formula is C23H21N5O3. The number of nitrogens with one attached hydrogen (secondary N) is 1. The van der Waals surface area contributed by atoms with Crippen molar-refractivity contribution >= 4 is 11.6 Å². The molecule has 0 aliphatic heterocycles. The van der Waals surface area contributed by atoms with Gasteiger partial charge in [0.2, 0.25) is 5.88 Å². The van der Waals surface area contributed by atoms with Crippen molar-refractivity contribution in [3.63, 3.8) is 0 Å². The average molecular weight is 415 g/mol. The Bertz CT molecular complexity index is 1160. The van der Waals surface area contributed by atoms with E-state index in [9.17, 15) is 4.79 Å². The fourth-order valence-electron chi connectivity index (χ4n) is 2.95. The largest absolute Gasteiger partial charge is 0.493 e. The van der Waals surface area contributed by atoms with Crippen LogP contribution in [0.15, 0.2) is 73.4 Å². The lowest BCUT2D eigenvalue weighted by atomic mass is 10.1. The monoisotopic (exact) mass is 415 g/mol. The minimum Gasteiger partial charge on any atom is -0.493 e. The van der Waals surface area contributed by atoms with Crippen molar-refractivity contribution in [1.82, 2.24) is 19.7 Å². The first-order valence-corrected chi connectivity index (χ1v) is 9.62. The van der Waals surface area contributed by atoms with E-state index in [1.54, 1.807) is 48.6 Å². The zero-order valence-corrected chi connectivity index (χ0v) is 17.1. The summed E-state index contributed by atoms with van der Waals surface area (Å²) in [5, 5.41) is 6.91. The van der Waals surface area contributed by atoms with E-state index >= 15 is 0 Å². The second-order valence-electron chi connectivity index (χ2n) is 6.89. The number of nitrogens with zero attached hydrogens (tertiary/aromatic N) is 4. The molecule has 2 aromatic heterocycles. The van der Waals surface area contributed by atoms with Gasteiger partial charge >= 0.3 is 0 Å². The highest BCUT2D eigenvalue weighted by molar-refractivity contribution is 6.04. The number of ether oxygens (including phenoxy) is 2. The van der Waals surface area contributed by atoms with Crippen LogP contribution in [0.3, 0.4) is 0 Å². The van der Waals surface area contributed by atoms with Gasteiger partial charge in [-0.2, -0.15) is 5.10 Å². The first-order valence-electron chi connectivity index (χ1n) is 9.62. The van der Waals surface area contributed by atoms with Gasteiger partial charge in [-0.3, -0.25) is 4.79 Å². The summed E-state index contributed by atoms with van der Waals surface area (Å²) in [6.45, 7) is 2.57. The van der Waals surface area contributed by atoms with Crippen LogP contribution in [-0.2, 0) is 6.54 Å². The molecule has 1 amide bonds. The zero-order chi connectivity index (χ0) is 21.6. The highest BCUT2D eigenvalue weighted by atomic mass is 16.5. The highest BCUT2D eigenvalue weighted by Crippen LogP contribution is 2.31. The van der Waals surface area contributed by atoms with E-state index in [1.165, 1.54) is 6.33 Å². The predicted molar refractivity (Wildman–Crippen MR) is 116 cm³/mol. The molecule has 0 atom stereocenters. The van der Waals surface area contributed by atoms with Gasteiger partial charge < -0.3 is 14.8 Å². The number of hydrogen-bond acceptors (Lipinski definition) is 6. The number of anilines is 1. The van der Waals surface area contributed by atoms with E-state index in [1.807, 2.05) is 37.3 Å². The Balaban J connectivity index is 1.38. The molecule has 0 saturated carbocycles. The molecule has 0 aliphatic carbocycles. The quantitative estimate of drug-likeness (QED) is 0.489. The van der Waals surface area contributed by atoms with Gasteiger partial charge in [0, 0.05) is 11.6 Å². The summed E-state index contributed by atoms with van der Waals surface area (Å²) >= 11 is 0. The number of hydrogen-bond donors (Lipinski definition) is 1. The van der Waals surface area contributed by atoms with E-state index in [4.69, 9.17) is 9.47 Å². The van der Waals surface area contributed by atoms with Crippen molar-refractivity contribution in [1.29, 1.82) is 0 Å². The molecule has 4 aromatic rings. The van der Waals surface area contributed by atoms with Crippen LogP contribution < -0.4 is 14.8 Å². The molecular weight excluding hydrogens is 394 g/mol. The maximum Gasteiger partial charge on any atom is 0.255 e. The minimum atomic E-state index is -0.219. The molecule has 0 spiro atoms. The molecule has 156 valence electrons. The van der Waals surface area contributed by atoms with Gasteiger partial charge in [0.25, 0.3) is 5.91 Å². The number of carbonyl (C=O) groups excluding carboxylic acids is 1. The molecule has 0 unspecified atom stereocenters. The second kappa shape index (κ2) is 9.08. The molecule has 31 heavy (non-hydrogen) atoms. The molecule has 8 heteroatoms. The second-order valence-corrected chi connectivity index (χ2v) is 6.89. The van der Waals surface area contributed by atoms with E-state index in [0.29, 0.717) is 35.2 Å². The lowest BCUT2D eigenvalue weighted by molar-refractivity contribution is 0.102. The lowest BCUT2D eigenvalue weighted by Crippen LogP contribution is -2.12. The van der Waals surface area contributed by atoms with Crippen LogP contribution >= 0.6 is 0 Å². The maximum absolute atomic E-state index is 12.5. The van der Waals surface area contributed by atoms with Crippen molar-refractivity contribution in [2.45, 2.75) is 13.5 Å². The summed E-state index contributed by atoms with van der Waals surface area (Å²) < 4.78 is 12.9. The Morgan fingerprint density at radius 2 is 1.90 bits per heavy atom. The van der Waals surface area contributed by atoms with Gasteiger partial charge in [0.1, 0.15) is 12.7 Å². The molecule has 0 aliphatic rings. The Labute approximate surface area is 179 Å². The van der Waals surface area contributed by atoms with Crippen molar-refractivity contribution in [2.75, 3.05) is 12.4 Å². The number of aryl methyl sites for hydroxylation is 1. The number of carbonyl (C=O) groups is 1. The Morgan fingerprint density at radius 3 is 2.58 bits per heavy atom. The van der Waals surface area contributed by atoms with Crippen LogP contribution in [0.4, 0.5) is 5.69 Å². The molecule has 0 saturated heterocycles. The fraction of sp³-hybridized carbons (Fsp3) is 0.130. The summed E-state index contributed by atoms with van der Waals surface area (Å²) in [7, 11) is 1.59. The fourth-order valence-corrected chi connectivity index (χ4v) is 2.95. The smallest absolute Gasteiger partial charge is 0.255 e. The predicted octanol–water partition coefficient (Wildman–Crippen LogP) is 4.08. The normalized spacial score (nSPS) is 10.5. The Kier molecular flexibility index (Phi) is 5.89. The van der Waals surface area contributed by atoms with E-state index in [2.05, 4.69) is 20.4 Å². The van der Waals surface area contributed by atoms with Crippen molar-refractivity contribution in [2.24, 2.45) is 0 Å². The number of aromatic nitrogens is 4. The third kappa shape index (κ3) is 5.05. The lowest BCUT2D eigenvalue weighted by Gasteiger charge is -2.11. The first-order chi connectivity index (χ1) is 15.1. The van der Waals surface area contributed by atoms with Crippen molar-refractivity contribution < 1.29 is 14.3 Å². The number of amides is 1. The van der Waals surface area contributed by atoms with E-state index in [-0.39, 0.29) is 5.91 Å². The third-order valence-electron chi connectivity index (χ3n) is 4.56. The number of benzene rings is 2. The number of rotatable bonds is 7. The number of pyridine rings is 1. The molecule has 8 nitrogen and oxygen atoms in total. The Hall–Kier alpha value is -4.20.